The van der Waals surface area contributed by atoms with E-state index in [9.17, 15) is 21.4 Å². The standard InChI is InChI=1S/C17H26O7S2/c1-11-12(2)16-14(13(3)15(11)10-26(20,21)22)6-7-17(4,24-16)8-9-23-25(5,18)19/h6-10H2,1-5H3,(H,20,21,22). The van der Waals surface area contributed by atoms with Gasteiger partial charge < -0.3 is 4.74 Å². The topological polar surface area (TPSA) is 107 Å². The SMILES string of the molecule is Cc1c(C)c2c(c(C)c1CS(=O)(=O)O)CCC(C)(CCOS(C)(=O)=O)O2. The van der Waals surface area contributed by atoms with Crippen LogP contribution >= 0.6 is 0 Å². The Labute approximate surface area is 155 Å². The summed E-state index contributed by atoms with van der Waals surface area (Å²) in [5.41, 5.74) is 3.40. The molecule has 1 heterocycles. The first-order valence-corrected chi connectivity index (χ1v) is 11.7. The van der Waals surface area contributed by atoms with Crippen molar-refractivity contribution in [1.82, 2.24) is 0 Å². The van der Waals surface area contributed by atoms with Crippen LogP contribution in [0.25, 0.3) is 0 Å². The van der Waals surface area contributed by atoms with E-state index in [2.05, 4.69) is 0 Å². The summed E-state index contributed by atoms with van der Waals surface area (Å²) in [5.74, 6) is 0.297. The van der Waals surface area contributed by atoms with Crippen molar-refractivity contribution in [3.05, 3.63) is 27.8 Å². The van der Waals surface area contributed by atoms with Crippen molar-refractivity contribution in [3.8, 4) is 5.75 Å². The number of rotatable bonds is 6. The fourth-order valence-electron chi connectivity index (χ4n) is 3.37. The lowest BCUT2D eigenvalue weighted by Gasteiger charge is -2.38. The van der Waals surface area contributed by atoms with Crippen LogP contribution in [0.2, 0.25) is 0 Å². The van der Waals surface area contributed by atoms with Crippen LogP contribution < -0.4 is 4.74 Å². The molecule has 1 aliphatic heterocycles. The van der Waals surface area contributed by atoms with Crippen LogP contribution in [-0.4, -0.2) is 39.9 Å². The van der Waals surface area contributed by atoms with Gasteiger partial charge in [0.1, 0.15) is 17.1 Å². The molecule has 9 heteroatoms. The number of fused-ring (bicyclic) bond motifs is 1. The summed E-state index contributed by atoms with van der Waals surface area (Å²) in [4.78, 5) is 0. The highest BCUT2D eigenvalue weighted by Gasteiger charge is 2.35. The minimum atomic E-state index is -4.13. The molecule has 1 aliphatic rings. The van der Waals surface area contributed by atoms with Gasteiger partial charge in [0, 0.05) is 6.42 Å². The van der Waals surface area contributed by atoms with Crippen molar-refractivity contribution in [1.29, 1.82) is 0 Å². The zero-order chi connectivity index (χ0) is 19.9. The van der Waals surface area contributed by atoms with E-state index in [-0.39, 0.29) is 6.61 Å². The second kappa shape index (κ2) is 7.10. The molecule has 0 amide bonds. The van der Waals surface area contributed by atoms with Gasteiger partial charge in [0.05, 0.1) is 12.9 Å². The van der Waals surface area contributed by atoms with Gasteiger partial charge in [0.2, 0.25) is 0 Å². The molecule has 0 aliphatic carbocycles. The molecule has 1 aromatic carbocycles. The largest absolute Gasteiger partial charge is 0.487 e. The molecule has 148 valence electrons. The smallest absolute Gasteiger partial charge is 0.269 e. The first-order chi connectivity index (χ1) is 11.7. The second-order valence-electron chi connectivity index (χ2n) is 7.22. The Morgan fingerprint density at radius 2 is 1.73 bits per heavy atom. The highest BCUT2D eigenvalue weighted by molar-refractivity contribution is 7.86. The summed E-state index contributed by atoms with van der Waals surface area (Å²) < 4.78 is 65.3. The fourth-order valence-corrected chi connectivity index (χ4v) is 4.55. The van der Waals surface area contributed by atoms with Gasteiger partial charge in [0.25, 0.3) is 20.2 Å². The second-order valence-corrected chi connectivity index (χ2v) is 10.3. The maximum absolute atomic E-state index is 11.3. The van der Waals surface area contributed by atoms with Crippen LogP contribution in [0.5, 0.6) is 5.75 Å². The highest BCUT2D eigenvalue weighted by atomic mass is 32.2. The molecule has 0 saturated heterocycles. The van der Waals surface area contributed by atoms with Crippen LogP contribution in [-0.2, 0) is 36.6 Å². The molecule has 0 aromatic heterocycles. The number of benzene rings is 1. The quantitative estimate of drug-likeness (QED) is 0.571. The van der Waals surface area contributed by atoms with Crippen LogP contribution in [0.4, 0.5) is 0 Å². The number of ether oxygens (including phenoxy) is 1. The minimum Gasteiger partial charge on any atom is -0.487 e. The predicted octanol–water partition coefficient (Wildman–Crippen LogP) is 2.45. The fraction of sp³-hybridized carbons (Fsp3) is 0.647. The van der Waals surface area contributed by atoms with Gasteiger partial charge in [-0.05, 0) is 68.4 Å². The van der Waals surface area contributed by atoms with Gasteiger partial charge in [-0.25, -0.2) is 0 Å². The molecule has 0 bridgehead atoms. The first kappa shape index (κ1) is 21.1. The monoisotopic (exact) mass is 406 g/mol. The van der Waals surface area contributed by atoms with Gasteiger partial charge in [0.15, 0.2) is 0 Å². The Bertz CT molecular complexity index is 917. The molecular weight excluding hydrogens is 380 g/mol. The zero-order valence-corrected chi connectivity index (χ0v) is 17.4. The zero-order valence-electron chi connectivity index (χ0n) is 15.7. The van der Waals surface area contributed by atoms with Crippen LogP contribution in [0.15, 0.2) is 0 Å². The Kier molecular flexibility index (Phi) is 5.78. The van der Waals surface area contributed by atoms with E-state index in [1.165, 1.54) is 0 Å². The van der Waals surface area contributed by atoms with Crippen molar-refractivity contribution in [2.24, 2.45) is 0 Å². The molecule has 1 aromatic rings. The lowest BCUT2D eigenvalue weighted by Crippen LogP contribution is -2.38. The van der Waals surface area contributed by atoms with Crippen molar-refractivity contribution in [2.45, 2.75) is 58.3 Å². The van der Waals surface area contributed by atoms with E-state index in [0.717, 1.165) is 28.5 Å². The maximum atomic E-state index is 11.3. The van der Waals surface area contributed by atoms with Gasteiger partial charge in [-0.2, -0.15) is 16.8 Å². The molecule has 0 radical (unpaired) electrons. The predicted molar refractivity (Wildman–Crippen MR) is 98.7 cm³/mol. The Hall–Kier alpha value is -1.16. The maximum Gasteiger partial charge on any atom is 0.269 e. The molecule has 26 heavy (non-hydrogen) atoms. The Morgan fingerprint density at radius 3 is 2.27 bits per heavy atom. The van der Waals surface area contributed by atoms with Gasteiger partial charge in [-0.1, -0.05) is 0 Å². The summed E-state index contributed by atoms with van der Waals surface area (Å²) >= 11 is 0. The molecule has 7 nitrogen and oxygen atoms in total. The van der Waals surface area contributed by atoms with E-state index in [1.54, 1.807) is 0 Å². The summed E-state index contributed by atoms with van der Waals surface area (Å²) in [7, 11) is -7.62. The highest BCUT2D eigenvalue weighted by Crippen LogP contribution is 2.42. The molecule has 1 unspecified atom stereocenters. The van der Waals surface area contributed by atoms with E-state index in [1.807, 2.05) is 27.7 Å². The average Bonchev–Trinajstić information content (AvgIpc) is 2.47. The normalized spacial score (nSPS) is 20.5. The lowest BCUT2D eigenvalue weighted by atomic mass is 9.84. The van der Waals surface area contributed by atoms with Crippen LogP contribution in [0.3, 0.4) is 0 Å². The summed E-state index contributed by atoms with van der Waals surface area (Å²) in [6.07, 6.45) is 2.77. The Balaban J connectivity index is 2.34. The third kappa shape index (κ3) is 4.97. The number of hydrogen-bond donors (Lipinski definition) is 1. The molecule has 0 fully saturated rings. The summed E-state index contributed by atoms with van der Waals surface area (Å²) in [5, 5.41) is 0. The molecular formula is C17H26O7S2. The molecule has 0 saturated carbocycles. The molecule has 2 rings (SSSR count). The Morgan fingerprint density at radius 1 is 1.12 bits per heavy atom. The van der Waals surface area contributed by atoms with Gasteiger partial charge >= 0.3 is 0 Å². The van der Waals surface area contributed by atoms with Crippen molar-refractivity contribution in [2.75, 3.05) is 12.9 Å². The summed E-state index contributed by atoms with van der Waals surface area (Å²) in [6, 6.07) is 0. The minimum absolute atomic E-state index is 0.0442. The van der Waals surface area contributed by atoms with E-state index >= 15 is 0 Å². The molecule has 1 N–H and O–H groups in total. The van der Waals surface area contributed by atoms with Gasteiger partial charge in [-0.3, -0.25) is 8.74 Å². The van der Waals surface area contributed by atoms with E-state index in [0.29, 0.717) is 30.6 Å². The van der Waals surface area contributed by atoms with Crippen molar-refractivity contribution < 1.29 is 30.3 Å². The summed E-state index contributed by atoms with van der Waals surface area (Å²) in [6.45, 7) is 7.47. The van der Waals surface area contributed by atoms with Gasteiger partial charge in [-0.15, -0.1) is 0 Å². The third-order valence-corrected chi connectivity index (χ3v) is 6.29. The average molecular weight is 407 g/mol. The third-order valence-electron chi connectivity index (χ3n) is 5.04. The van der Waals surface area contributed by atoms with Crippen LogP contribution in [0.1, 0.15) is 47.6 Å². The number of hydrogen-bond acceptors (Lipinski definition) is 6. The molecule has 0 spiro atoms. The molecule has 1 atom stereocenters. The van der Waals surface area contributed by atoms with E-state index in [4.69, 9.17) is 8.92 Å². The lowest BCUT2D eigenvalue weighted by molar-refractivity contribution is 0.0423. The first-order valence-electron chi connectivity index (χ1n) is 8.32. The van der Waals surface area contributed by atoms with Crippen LogP contribution in [0, 0.1) is 20.8 Å². The van der Waals surface area contributed by atoms with E-state index < -0.39 is 31.6 Å². The van der Waals surface area contributed by atoms with Crippen molar-refractivity contribution in [3.63, 3.8) is 0 Å². The van der Waals surface area contributed by atoms with Crippen molar-refractivity contribution >= 4 is 20.2 Å².